The lowest BCUT2D eigenvalue weighted by Gasteiger charge is -2.30. The minimum atomic E-state index is -4.35. The number of ether oxygens (including phenoxy) is 2. The number of aromatic nitrogens is 1. The van der Waals surface area contributed by atoms with Crippen LogP contribution in [0.1, 0.15) is 36.0 Å². The second kappa shape index (κ2) is 9.05. The number of benzene rings is 1. The number of hydrogen-bond acceptors (Lipinski definition) is 4. The van der Waals surface area contributed by atoms with E-state index in [4.69, 9.17) is 9.47 Å². The van der Waals surface area contributed by atoms with E-state index in [2.05, 4.69) is 10.3 Å². The van der Waals surface area contributed by atoms with Crippen LogP contribution in [0.4, 0.5) is 13.2 Å². The minimum absolute atomic E-state index is 0.173. The van der Waals surface area contributed by atoms with Gasteiger partial charge in [-0.25, -0.2) is 4.98 Å². The van der Waals surface area contributed by atoms with Crippen molar-refractivity contribution in [2.24, 2.45) is 0 Å². The fourth-order valence-corrected chi connectivity index (χ4v) is 3.15. The van der Waals surface area contributed by atoms with Crippen molar-refractivity contribution in [2.75, 3.05) is 6.61 Å². The highest BCUT2D eigenvalue weighted by atomic mass is 19.4. The topological polar surface area (TPSA) is 60.5 Å². The number of alkyl halides is 3. The fourth-order valence-electron chi connectivity index (χ4n) is 3.15. The van der Waals surface area contributed by atoms with Gasteiger partial charge >= 0.3 is 6.18 Å². The summed E-state index contributed by atoms with van der Waals surface area (Å²) in [5.41, 5.74) is 0.268. The Balaban J connectivity index is 1.61. The molecule has 1 fully saturated rings. The highest BCUT2D eigenvalue weighted by Crippen LogP contribution is 2.26. The summed E-state index contributed by atoms with van der Waals surface area (Å²) in [5.74, 6) is 0.348. The third-order valence-corrected chi connectivity index (χ3v) is 4.42. The maximum atomic E-state index is 12.7. The molecule has 1 N–H and O–H groups in total. The molecule has 2 unspecified atom stereocenters. The number of carbonyl (C=O) groups excluding carboxylic acids is 1. The van der Waals surface area contributed by atoms with Crippen molar-refractivity contribution >= 4 is 5.91 Å². The van der Waals surface area contributed by atoms with Gasteiger partial charge in [-0.2, -0.15) is 13.2 Å². The van der Waals surface area contributed by atoms with E-state index in [1.807, 2.05) is 6.07 Å². The number of para-hydroxylation sites is 1. The van der Waals surface area contributed by atoms with Crippen LogP contribution >= 0.6 is 0 Å². The second-order valence-electron chi connectivity index (χ2n) is 6.66. The van der Waals surface area contributed by atoms with Crippen molar-refractivity contribution in [1.82, 2.24) is 10.3 Å². The van der Waals surface area contributed by atoms with Crippen molar-refractivity contribution in [2.45, 2.75) is 44.0 Å². The summed E-state index contributed by atoms with van der Waals surface area (Å²) in [6, 6.07) is 11.9. The third-order valence-electron chi connectivity index (χ3n) is 4.42. The Hall–Kier alpha value is -2.61. The molecule has 0 radical (unpaired) electrons. The quantitative estimate of drug-likeness (QED) is 0.784. The van der Waals surface area contributed by atoms with Crippen molar-refractivity contribution < 1.29 is 27.4 Å². The summed E-state index contributed by atoms with van der Waals surface area (Å²) in [6.07, 6.45) is -1.07. The molecule has 1 aromatic heterocycles. The molecular formula is C20H21F3N2O3. The molecule has 0 spiro atoms. The average molecular weight is 394 g/mol. The van der Waals surface area contributed by atoms with Crippen LogP contribution in [0, 0.1) is 0 Å². The van der Waals surface area contributed by atoms with E-state index >= 15 is 0 Å². The second-order valence-corrected chi connectivity index (χ2v) is 6.66. The van der Waals surface area contributed by atoms with Crippen LogP contribution in [0.5, 0.6) is 11.6 Å². The SMILES string of the molecule is O=C(NC1CCCC(OCC(F)(F)F)C1)c1cccnc1Oc1ccccc1. The number of nitrogens with one attached hydrogen (secondary N) is 1. The molecule has 1 aromatic carbocycles. The monoisotopic (exact) mass is 394 g/mol. The molecule has 0 bridgehead atoms. The Kier molecular flexibility index (Phi) is 6.51. The predicted octanol–water partition coefficient (Wildman–Crippen LogP) is 4.49. The first-order valence-electron chi connectivity index (χ1n) is 9.08. The first kappa shape index (κ1) is 20.1. The highest BCUT2D eigenvalue weighted by molar-refractivity contribution is 5.96. The lowest BCUT2D eigenvalue weighted by Crippen LogP contribution is -2.41. The molecule has 0 aliphatic heterocycles. The predicted molar refractivity (Wildman–Crippen MR) is 96.3 cm³/mol. The molecule has 0 saturated heterocycles. The molecule has 1 amide bonds. The maximum absolute atomic E-state index is 12.7. The number of pyridine rings is 1. The summed E-state index contributed by atoms with van der Waals surface area (Å²) in [4.78, 5) is 16.8. The average Bonchev–Trinajstić information content (AvgIpc) is 2.67. The Labute approximate surface area is 160 Å². The third kappa shape index (κ3) is 5.95. The van der Waals surface area contributed by atoms with Crippen molar-refractivity contribution in [1.29, 1.82) is 0 Å². The van der Waals surface area contributed by atoms with Crippen molar-refractivity contribution in [3.8, 4) is 11.6 Å². The molecule has 1 saturated carbocycles. The zero-order chi connectivity index (χ0) is 20.0. The van der Waals surface area contributed by atoms with Crippen LogP contribution in [0.2, 0.25) is 0 Å². The first-order chi connectivity index (χ1) is 13.4. The fraction of sp³-hybridized carbons (Fsp3) is 0.400. The summed E-state index contributed by atoms with van der Waals surface area (Å²) >= 11 is 0. The summed E-state index contributed by atoms with van der Waals surface area (Å²) < 4.78 is 47.7. The van der Waals surface area contributed by atoms with Crippen LogP contribution in [0.3, 0.4) is 0 Å². The van der Waals surface area contributed by atoms with E-state index in [9.17, 15) is 18.0 Å². The lowest BCUT2D eigenvalue weighted by atomic mass is 9.92. The van der Waals surface area contributed by atoms with Crippen LogP contribution in [-0.2, 0) is 4.74 Å². The maximum Gasteiger partial charge on any atom is 0.411 e. The Bertz CT molecular complexity index is 784. The van der Waals surface area contributed by atoms with E-state index in [-0.39, 0.29) is 23.4 Å². The molecule has 5 nitrogen and oxygen atoms in total. The molecule has 1 aliphatic carbocycles. The number of amides is 1. The smallest absolute Gasteiger partial charge is 0.411 e. The van der Waals surface area contributed by atoms with Crippen LogP contribution in [0.25, 0.3) is 0 Å². The summed E-state index contributed by atoms with van der Waals surface area (Å²) in [5, 5.41) is 2.87. The Morgan fingerprint density at radius 2 is 1.93 bits per heavy atom. The van der Waals surface area contributed by atoms with Gasteiger partial charge in [-0.1, -0.05) is 18.2 Å². The van der Waals surface area contributed by atoms with E-state index in [0.29, 0.717) is 31.4 Å². The number of rotatable bonds is 6. The highest BCUT2D eigenvalue weighted by Gasteiger charge is 2.31. The lowest BCUT2D eigenvalue weighted by molar-refractivity contribution is -0.188. The van der Waals surface area contributed by atoms with Gasteiger partial charge in [0.2, 0.25) is 5.88 Å². The van der Waals surface area contributed by atoms with E-state index in [1.54, 1.807) is 36.4 Å². The molecular weight excluding hydrogens is 373 g/mol. The van der Waals surface area contributed by atoms with Crippen LogP contribution in [0.15, 0.2) is 48.7 Å². The molecule has 1 heterocycles. The molecule has 28 heavy (non-hydrogen) atoms. The molecule has 2 aromatic rings. The molecule has 150 valence electrons. The minimum Gasteiger partial charge on any atom is -0.438 e. The van der Waals surface area contributed by atoms with E-state index in [1.165, 1.54) is 6.20 Å². The number of nitrogens with zero attached hydrogens (tertiary/aromatic N) is 1. The zero-order valence-corrected chi connectivity index (χ0v) is 15.1. The van der Waals surface area contributed by atoms with Gasteiger partial charge < -0.3 is 14.8 Å². The zero-order valence-electron chi connectivity index (χ0n) is 15.1. The Morgan fingerprint density at radius 3 is 2.68 bits per heavy atom. The van der Waals surface area contributed by atoms with Gasteiger partial charge in [0.25, 0.3) is 5.91 Å². The van der Waals surface area contributed by atoms with E-state index < -0.39 is 18.9 Å². The summed E-state index contributed by atoms with van der Waals surface area (Å²) in [6.45, 7) is -1.27. The number of halogens is 3. The van der Waals surface area contributed by atoms with Crippen LogP contribution < -0.4 is 10.1 Å². The Morgan fingerprint density at radius 1 is 1.14 bits per heavy atom. The molecule has 1 aliphatic rings. The van der Waals surface area contributed by atoms with Gasteiger partial charge in [0.15, 0.2) is 0 Å². The normalized spacial score (nSPS) is 19.8. The van der Waals surface area contributed by atoms with Crippen molar-refractivity contribution in [3.63, 3.8) is 0 Å². The van der Waals surface area contributed by atoms with Gasteiger partial charge in [0.1, 0.15) is 17.9 Å². The molecule has 3 rings (SSSR count). The summed E-state index contributed by atoms with van der Waals surface area (Å²) in [7, 11) is 0. The van der Waals surface area contributed by atoms with Gasteiger partial charge in [-0.15, -0.1) is 0 Å². The standard InChI is InChI=1S/C20H21F3N2O3/c21-20(22,23)13-27-16-9-4-6-14(12-16)25-18(26)17-10-5-11-24-19(17)28-15-7-2-1-3-8-15/h1-3,5,7-8,10-11,14,16H,4,6,9,12-13H2,(H,25,26). The van der Waals surface area contributed by atoms with Gasteiger partial charge in [0.05, 0.1) is 6.10 Å². The first-order valence-corrected chi connectivity index (χ1v) is 9.08. The van der Waals surface area contributed by atoms with Crippen molar-refractivity contribution in [3.05, 3.63) is 54.2 Å². The van der Waals surface area contributed by atoms with E-state index in [0.717, 1.165) is 0 Å². The van der Waals surface area contributed by atoms with Gasteiger partial charge in [-0.3, -0.25) is 4.79 Å². The number of carbonyl (C=O) groups is 1. The molecule has 2 atom stereocenters. The van der Waals surface area contributed by atoms with Gasteiger partial charge in [0, 0.05) is 12.2 Å². The van der Waals surface area contributed by atoms with Gasteiger partial charge in [-0.05, 0) is 49.9 Å². The largest absolute Gasteiger partial charge is 0.438 e. The molecule has 8 heteroatoms. The van der Waals surface area contributed by atoms with Crippen LogP contribution in [-0.4, -0.2) is 35.8 Å². The number of hydrogen-bond donors (Lipinski definition) is 1.